The van der Waals surface area contributed by atoms with Crippen molar-refractivity contribution in [3.8, 4) is 16.9 Å². The van der Waals surface area contributed by atoms with E-state index in [4.69, 9.17) is 14.5 Å². The number of hydrogen-bond donors (Lipinski definition) is 1. The number of carboxylic acids is 1. The molecular weight excluding hydrogens is 569 g/mol. The van der Waals surface area contributed by atoms with Gasteiger partial charge in [-0.2, -0.15) is 0 Å². The quantitative estimate of drug-likeness (QED) is 0.278. The van der Waals surface area contributed by atoms with Crippen LogP contribution in [0.2, 0.25) is 0 Å². The first-order chi connectivity index (χ1) is 21.2. The molecule has 1 atom stereocenters. The van der Waals surface area contributed by atoms with Crippen LogP contribution in [0.4, 0.5) is 10.1 Å². The van der Waals surface area contributed by atoms with Crippen molar-refractivity contribution in [2.75, 3.05) is 31.6 Å². The minimum atomic E-state index is -1.14. The van der Waals surface area contributed by atoms with Crippen molar-refractivity contribution in [3.05, 3.63) is 75.9 Å². The number of aliphatic carboxylic acids is 1. The molecule has 0 amide bonds. The standard InChI is InChI=1S/C37H48FN3O4/c1-23-31(27-10-11-28-22-40(16-13-26(28)20-27)21-25-9-12-30(44-8)29(38)19-25)33(41-17-14-37(6,7)15-18-41)32(24(2)39-23)34(35(42)43)45-36(3,4)5/h9-12,19-20,34H,13-18,21-22H2,1-8H3,(H,42,43)/t34-/m0/s1. The highest BCUT2D eigenvalue weighted by Crippen LogP contribution is 2.45. The van der Waals surface area contributed by atoms with Gasteiger partial charge in [-0.3, -0.25) is 9.88 Å². The molecular formula is C37H48FN3O4. The molecule has 2 aliphatic heterocycles. The number of aryl methyl sites for hydroxylation is 2. The average Bonchev–Trinajstić information content (AvgIpc) is 2.95. The molecule has 3 heterocycles. The summed E-state index contributed by atoms with van der Waals surface area (Å²) in [6.45, 7) is 18.2. The summed E-state index contributed by atoms with van der Waals surface area (Å²) in [7, 11) is 1.48. The predicted octanol–water partition coefficient (Wildman–Crippen LogP) is 7.64. The van der Waals surface area contributed by atoms with Gasteiger partial charge in [0.2, 0.25) is 0 Å². The Morgan fingerprint density at radius 2 is 1.76 bits per heavy atom. The largest absolute Gasteiger partial charge is 0.494 e. The van der Waals surface area contributed by atoms with E-state index >= 15 is 0 Å². The number of pyridine rings is 1. The number of halogens is 1. The Labute approximate surface area is 267 Å². The lowest BCUT2D eigenvalue weighted by molar-refractivity contribution is -0.160. The van der Waals surface area contributed by atoms with Gasteiger partial charge in [0.25, 0.3) is 0 Å². The molecule has 1 N–H and O–H groups in total. The Bertz CT molecular complexity index is 1570. The third-order valence-electron chi connectivity index (χ3n) is 9.18. The first-order valence-corrected chi connectivity index (χ1v) is 16.0. The van der Waals surface area contributed by atoms with Crippen LogP contribution < -0.4 is 9.64 Å². The predicted molar refractivity (Wildman–Crippen MR) is 176 cm³/mol. The second-order valence-electron chi connectivity index (χ2n) is 14.4. The van der Waals surface area contributed by atoms with E-state index in [9.17, 15) is 14.3 Å². The maximum absolute atomic E-state index is 14.3. The van der Waals surface area contributed by atoms with Crippen molar-refractivity contribution >= 4 is 11.7 Å². The summed E-state index contributed by atoms with van der Waals surface area (Å²) >= 11 is 0. The van der Waals surface area contributed by atoms with Crippen molar-refractivity contribution in [2.45, 2.75) is 92.5 Å². The summed E-state index contributed by atoms with van der Waals surface area (Å²) in [4.78, 5) is 22.4. The Morgan fingerprint density at radius 3 is 2.38 bits per heavy atom. The zero-order valence-electron chi connectivity index (χ0n) is 28.1. The third kappa shape index (κ3) is 7.33. The fraction of sp³-hybridized carbons (Fsp3) is 0.514. The molecule has 7 nitrogen and oxygen atoms in total. The smallest absolute Gasteiger partial charge is 0.337 e. The lowest BCUT2D eigenvalue weighted by atomic mass is 9.81. The van der Waals surface area contributed by atoms with Crippen molar-refractivity contribution in [2.24, 2.45) is 5.41 Å². The van der Waals surface area contributed by atoms with Gasteiger partial charge >= 0.3 is 5.97 Å². The maximum Gasteiger partial charge on any atom is 0.337 e. The van der Waals surface area contributed by atoms with E-state index in [1.807, 2.05) is 40.7 Å². The van der Waals surface area contributed by atoms with Crippen molar-refractivity contribution in [3.63, 3.8) is 0 Å². The van der Waals surface area contributed by atoms with Gasteiger partial charge in [0.05, 0.1) is 18.4 Å². The van der Waals surface area contributed by atoms with E-state index in [0.29, 0.717) is 17.8 Å². The number of rotatable bonds is 8. The molecule has 1 aromatic heterocycles. The summed E-state index contributed by atoms with van der Waals surface area (Å²) in [5.41, 5.74) is 8.21. The summed E-state index contributed by atoms with van der Waals surface area (Å²) in [6, 6.07) is 11.8. The number of ether oxygens (including phenoxy) is 2. The summed E-state index contributed by atoms with van der Waals surface area (Å²) in [5, 5.41) is 10.5. The SMILES string of the molecule is COc1ccc(CN2CCc3cc(-c4c(C)nc(C)c([C@H](OC(C)(C)C)C(=O)O)c4N4CCC(C)(C)CC4)ccc3C2)cc1F. The number of hydrogen-bond acceptors (Lipinski definition) is 6. The van der Waals surface area contributed by atoms with Crippen molar-refractivity contribution in [1.82, 2.24) is 9.88 Å². The van der Waals surface area contributed by atoms with E-state index in [0.717, 1.165) is 73.5 Å². The van der Waals surface area contributed by atoms with Crippen molar-refractivity contribution < 1.29 is 23.8 Å². The molecule has 0 unspecified atom stereocenters. The molecule has 3 aromatic rings. The van der Waals surface area contributed by atoms with Gasteiger partial charge in [-0.15, -0.1) is 0 Å². The maximum atomic E-state index is 14.3. The molecule has 45 heavy (non-hydrogen) atoms. The van der Waals surface area contributed by atoms with Crippen LogP contribution in [0.15, 0.2) is 36.4 Å². The Morgan fingerprint density at radius 1 is 1.04 bits per heavy atom. The molecule has 1 saturated heterocycles. The fourth-order valence-corrected chi connectivity index (χ4v) is 6.72. The lowest BCUT2D eigenvalue weighted by Gasteiger charge is -2.41. The Balaban J connectivity index is 1.54. The number of anilines is 1. The van der Waals surface area contributed by atoms with E-state index in [1.54, 1.807) is 12.1 Å². The highest BCUT2D eigenvalue weighted by molar-refractivity contribution is 5.88. The van der Waals surface area contributed by atoms with Crippen LogP contribution in [0.25, 0.3) is 11.1 Å². The second kappa shape index (κ2) is 12.7. The fourth-order valence-electron chi connectivity index (χ4n) is 6.72. The van der Waals surface area contributed by atoms with Gasteiger partial charge in [0, 0.05) is 55.2 Å². The monoisotopic (exact) mass is 617 g/mol. The summed E-state index contributed by atoms with van der Waals surface area (Å²) < 4.78 is 25.6. The number of methoxy groups -OCH3 is 1. The molecule has 1 fully saturated rings. The van der Waals surface area contributed by atoms with Gasteiger partial charge in [-0.25, -0.2) is 9.18 Å². The molecule has 8 heteroatoms. The van der Waals surface area contributed by atoms with E-state index < -0.39 is 17.7 Å². The molecule has 242 valence electrons. The number of piperidine rings is 1. The zero-order valence-corrected chi connectivity index (χ0v) is 28.1. The molecule has 5 rings (SSSR count). The van der Waals surface area contributed by atoms with E-state index in [-0.39, 0.29) is 17.0 Å². The number of aromatic nitrogens is 1. The lowest BCUT2D eigenvalue weighted by Crippen LogP contribution is -2.39. The summed E-state index contributed by atoms with van der Waals surface area (Å²) in [6.07, 6.45) is 1.76. The normalized spacial score (nSPS) is 17.6. The van der Waals surface area contributed by atoms with Crippen LogP contribution in [0.3, 0.4) is 0 Å². The van der Waals surface area contributed by atoms with Crippen LogP contribution in [0, 0.1) is 25.1 Å². The van der Waals surface area contributed by atoms with Gasteiger partial charge in [-0.1, -0.05) is 38.1 Å². The number of benzene rings is 2. The number of fused-ring (bicyclic) bond motifs is 1. The van der Waals surface area contributed by atoms with Crippen LogP contribution in [-0.2, 0) is 29.0 Å². The number of carboxylic acid groups (broad SMARTS) is 1. The topological polar surface area (TPSA) is 75.1 Å². The first kappa shape index (κ1) is 32.9. The number of carbonyl (C=O) groups is 1. The first-order valence-electron chi connectivity index (χ1n) is 16.0. The molecule has 0 bridgehead atoms. The van der Waals surface area contributed by atoms with Gasteiger partial charge in [0.1, 0.15) is 0 Å². The average molecular weight is 618 g/mol. The molecule has 0 saturated carbocycles. The van der Waals surface area contributed by atoms with E-state index in [1.165, 1.54) is 18.2 Å². The van der Waals surface area contributed by atoms with Gasteiger partial charge in [-0.05, 0) is 93.7 Å². The highest BCUT2D eigenvalue weighted by atomic mass is 19.1. The molecule has 2 aliphatic rings. The molecule has 0 spiro atoms. The molecule has 0 radical (unpaired) electrons. The van der Waals surface area contributed by atoms with Crippen LogP contribution in [-0.4, -0.2) is 53.3 Å². The molecule has 0 aliphatic carbocycles. The molecule has 2 aromatic carbocycles. The van der Waals surface area contributed by atoms with Crippen molar-refractivity contribution in [1.29, 1.82) is 0 Å². The van der Waals surface area contributed by atoms with E-state index in [2.05, 4.69) is 41.8 Å². The summed E-state index contributed by atoms with van der Waals surface area (Å²) in [5.74, 6) is -1.10. The van der Waals surface area contributed by atoms with Crippen LogP contribution in [0.5, 0.6) is 5.75 Å². The van der Waals surface area contributed by atoms with Gasteiger partial charge in [0.15, 0.2) is 17.7 Å². The van der Waals surface area contributed by atoms with Crippen LogP contribution in [0.1, 0.15) is 87.2 Å². The Kier molecular flexibility index (Phi) is 9.30. The zero-order chi connectivity index (χ0) is 32.7. The Hall–Kier alpha value is -3.49. The minimum Gasteiger partial charge on any atom is -0.494 e. The number of nitrogens with zero attached hydrogens (tertiary/aromatic N) is 3. The van der Waals surface area contributed by atoms with Gasteiger partial charge < -0.3 is 19.5 Å². The second-order valence-corrected chi connectivity index (χ2v) is 14.4. The third-order valence-corrected chi connectivity index (χ3v) is 9.18. The minimum absolute atomic E-state index is 0.233. The van der Waals surface area contributed by atoms with Crippen LogP contribution >= 0.6 is 0 Å². The highest BCUT2D eigenvalue weighted by Gasteiger charge is 2.36.